The summed E-state index contributed by atoms with van der Waals surface area (Å²) < 4.78 is 11.1. The summed E-state index contributed by atoms with van der Waals surface area (Å²) in [6.07, 6.45) is -0.776. The van der Waals surface area contributed by atoms with Crippen LogP contribution in [0.2, 0.25) is 0 Å². The number of methoxy groups -OCH3 is 1. The zero-order valence-electron chi connectivity index (χ0n) is 12.4. The van der Waals surface area contributed by atoms with Gasteiger partial charge in [-0.2, -0.15) is 0 Å². The topological polar surface area (TPSA) is 42.6 Å². The van der Waals surface area contributed by atoms with Gasteiger partial charge in [0.05, 0.1) is 7.11 Å². The Morgan fingerprint density at radius 3 is 2.52 bits per heavy atom. The van der Waals surface area contributed by atoms with E-state index in [4.69, 9.17) is 9.15 Å². The Morgan fingerprint density at radius 2 is 1.81 bits per heavy atom. The summed E-state index contributed by atoms with van der Waals surface area (Å²) in [6, 6.07) is 13.5. The van der Waals surface area contributed by atoms with Crippen molar-refractivity contribution < 1.29 is 14.3 Å². The highest BCUT2D eigenvalue weighted by Crippen LogP contribution is 2.32. The standard InChI is InChI=1S/C18H18O3/c1-11-9-16(20-3)12(2)8-14(11)18(19)17-10-13-6-4-5-7-15(13)21-17/h4-10,18-19H,1-3H3. The largest absolute Gasteiger partial charge is 0.496 e. The fourth-order valence-corrected chi connectivity index (χ4v) is 2.62. The van der Waals surface area contributed by atoms with E-state index in [0.29, 0.717) is 5.76 Å². The minimum absolute atomic E-state index is 0.559. The van der Waals surface area contributed by atoms with Gasteiger partial charge < -0.3 is 14.3 Å². The van der Waals surface area contributed by atoms with Gasteiger partial charge in [0.25, 0.3) is 0 Å². The monoisotopic (exact) mass is 282 g/mol. The zero-order valence-corrected chi connectivity index (χ0v) is 12.4. The van der Waals surface area contributed by atoms with E-state index in [2.05, 4.69) is 0 Å². The third-order valence-corrected chi connectivity index (χ3v) is 3.79. The number of aliphatic hydroxyl groups is 1. The molecule has 0 aliphatic carbocycles. The van der Waals surface area contributed by atoms with E-state index in [9.17, 15) is 5.11 Å². The van der Waals surface area contributed by atoms with Crippen molar-refractivity contribution in [2.24, 2.45) is 0 Å². The van der Waals surface area contributed by atoms with Gasteiger partial charge in [0.2, 0.25) is 0 Å². The van der Waals surface area contributed by atoms with E-state index in [1.54, 1.807) is 7.11 Å². The van der Waals surface area contributed by atoms with Gasteiger partial charge in [-0.3, -0.25) is 0 Å². The van der Waals surface area contributed by atoms with Crippen LogP contribution >= 0.6 is 0 Å². The molecule has 3 heteroatoms. The second kappa shape index (κ2) is 5.26. The van der Waals surface area contributed by atoms with E-state index in [-0.39, 0.29) is 0 Å². The molecule has 0 aliphatic heterocycles. The van der Waals surface area contributed by atoms with Gasteiger partial charge in [0.15, 0.2) is 0 Å². The molecule has 1 heterocycles. The van der Waals surface area contributed by atoms with E-state index in [1.807, 2.05) is 56.3 Å². The van der Waals surface area contributed by atoms with Crippen molar-refractivity contribution in [2.75, 3.05) is 7.11 Å². The van der Waals surface area contributed by atoms with Crippen LogP contribution in [0.4, 0.5) is 0 Å². The normalized spacial score (nSPS) is 12.6. The van der Waals surface area contributed by atoms with Crippen LogP contribution in [0.15, 0.2) is 46.9 Å². The van der Waals surface area contributed by atoms with Gasteiger partial charge in [-0.15, -0.1) is 0 Å². The molecule has 3 nitrogen and oxygen atoms in total. The molecule has 1 N–H and O–H groups in total. The van der Waals surface area contributed by atoms with Gasteiger partial charge >= 0.3 is 0 Å². The van der Waals surface area contributed by atoms with Crippen molar-refractivity contribution in [2.45, 2.75) is 20.0 Å². The molecule has 3 rings (SSSR count). The first-order valence-electron chi connectivity index (χ1n) is 6.92. The minimum Gasteiger partial charge on any atom is -0.496 e. The first-order valence-corrected chi connectivity index (χ1v) is 6.92. The summed E-state index contributed by atoms with van der Waals surface area (Å²) in [6.45, 7) is 3.93. The van der Waals surface area contributed by atoms with E-state index in [1.165, 1.54) is 0 Å². The number of ether oxygens (including phenoxy) is 1. The second-order valence-corrected chi connectivity index (χ2v) is 5.27. The molecule has 2 aromatic carbocycles. The second-order valence-electron chi connectivity index (χ2n) is 5.27. The van der Waals surface area contributed by atoms with Crippen molar-refractivity contribution in [3.05, 3.63) is 64.9 Å². The highest BCUT2D eigenvalue weighted by molar-refractivity contribution is 5.77. The van der Waals surface area contributed by atoms with Crippen LogP contribution in [0.1, 0.15) is 28.6 Å². The van der Waals surface area contributed by atoms with E-state index < -0.39 is 6.10 Å². The number of hydrogen-bond donors (Lipinski definition) is 1. The lowest BCUT2D eigenvalue weighted by Crippen LogP contribution is -2.02. The number of rotatable bonds is 3. The molecule has 0 fully saturated rings. The molecule has 0 aliphatic rings. The van der Waals surface area contributed by atoms with Gasteiger partial charge in [-0.25, -0.2) is 0 Å². The summed E-state index contributed by atoms with van der Waals surface area (Å²) in [5.41, 5.74) is 3.60. The number of furan rings is 1. The number of aliphatic hydroxyl groups excluding tert-OH is 1. The van der Waals surface area contributed by atoms with Gasteiger partial charge in [-0.1, -0.05) is 18.2 Å². The fraction of sp³-hybridized carbons (Fsp3) is 0.222. The molecule has 0 bridgehead atoms. The van der Waals surface area contributed by atoms with Crippen LogP contribution in [0, 0.1) is 13.8 Å². The quantitative estimate of drug-likeness (QED) is 0.785. The zero-order chi connectivity index (χ0) is 15.0. The molecule has 0 saturated heterocycles. The number of aryl methyl sites for hydroxylation is 2. The Kier molecular flexibility index (Phi) is 3.43. The van der Waals surface area contributed by atoms with Gasteiger partial charge in [-0.05, 0) is 54.8 Å². The lowest BCUT2D eigenvalue weighted by Gasteiger charge is -2.14. The molecule has 1 unspecified atom stereocenters. The van der Waals surface area contributed by atoms with Crippen LogP contribution in [-0.4, -0.2) is 12.2 Å². The molecular formula is C18H18O3. The number of fused-ring (bicyclic) bond motifs is 1. The van der Waals surface area contributed by atoms with Gasteiger partial charge in [0.1, 0.15) is 23.2 Å². The molecule has 0 saturated carbocycles. The highest BCUT2D eigenvalue weighted by atomic mass is 16.5. The predicted octanol–water partition coefficient (Wildman–Crippen LogP) is 4.14. The van der Waals surface area contributed by atoms with Gasteiger partial charge in [0, 0.05) is 5.39 Å². The Morgan fingerprint density at radius 1 is 1.05 bits per heavy atom. The minimum atomic E-state index is -0.776. The molecule has 1 atom stereocenters. The molecule has 1 aromatic heterocycles. The Hall–Kier alpha value is -2.26. The Labute approximate surface area is 123 Å². The van der Waals surface area contributed by atoms with Crippen LogP contribution in [0.5, 0.6) is 5.75 Å². The average molecular weight is 282 g/mol. The van der Waals surface area contributed by atoms with Crippen LogP contribution in [-0.2, 0) is 0 Å². The summed E-state index contributed by atoms with van der Waals surface area (Å²) in [7, 11) is 1.65. The molecule has 0 amide bonds. The first-order chi connectivity index (χ1) is 10.1. The highest BCUT2D eigenvalue weighted by Gasteiger charge is 2.18. The maximum atomic E-state index is 10.6. The summed E-state index contributed by atoms with van der Waals surface area (Å²) in [5.74, 6) is 1.39. The Bertz CT molecular complexity index is 753. The lowest BCUT2D eigenvalue weighted by molar-refractivity contribution is 0.191. The van der Waals surface area contributed by atoms with Crippen molar-refractivity contribution in [3.8, 4) is 5.75 Å². The summed E-state index contributed by atoms with van der Waals surface area (Å²) in [4.78, 5) is 0. The van der Waals surface area contributed by atoms with Crippen molar-refractivity contribution >= 4 is 11.0 Å². The Balaban J connectivity index is 2.05. The van der Waals surface area contributed by atoms with Crippen molar-refractivity contribution in [1.82, 2.24) is 0 Å². The van der Waals surface area contributed by atoms with Crippen LogP contribution in [0.3, 0.4) is 0 Å². The lowest BCUT2D eigenvalue weighted by atomic mass is 9.98. The average Bonchev–Trinajstić information content (AvgIpc) is 2.92. The third kappa shape index (κ3) is 2.41. The van der Waals surface area contributed by atoms with E-state index in [0.717, 1.165) is 33.4 Å². The summed E-state index contributed by atoms with van der Waals surface area (Å²) in [5, 5.41) is 11.6. The maximum Gasteiger partial charge on any atom is 0.138 e. The van der Waals surface area contributed by atoms with Crippen LogP contribution < -0.4 is 4.74 Å². The maximum absolute atomic E-state index is 10.6. The van der Waals surface area contributed by atoms with E-state index >= 15 is 0 Å². The fourth-order valence-electron chi connectivity index (χ4n) is 2.62. The van der Waals surface area contributed by atoms with Crippen molar-refractivity contribution in [1.29, 1.82) is 0 Å². The molecule has 108 valence electrons. The summed E-state index contributed by atoms with van der Waals surface area (Å²) >= 11 is 0. The molecule has 21 heavy (non-hydrogen) atoms. The SMILES string of the molecule is COc1cc(C)c(C(O)c2cc3ccccc3o2)cc1C. The van der Waals surface area contributed by atoms with Crippen LogP contribution in [0.25, 0.3) is 11.0 Å². The number of para-hydroxylation sites is 1. The predicted molar refractivity (Wildman–Crippen MR) is 82.7 cm³/mol. The molecule has 0 spiro atoms. The number of hydrogen-bond acceptors (Lipinski definition) is 3. The third-order valence-electron chi connectivity index (χ3n) is 3.79. The van der Waals surface area contributed by atoms with Crippen molar-refractivity contribution in [3.63, 3.8) is 0 Å². The molecule has 3 aromatic rings. The molecular weight excluding hydrogens is 264 g/mol. The molecule has 0 radical (unpaired) electrons. The first kappa shape index (κ1) is 13.7. The smallest absolute Gasteiger partial charge is 0.138 e. The number of benzene rings is 2.